The van der Waals surface area contributed by atoms with Crippen LogP contribution in [0.3, 0.4) is 0 Å². The van der Waals surface area contributed by atoms with Gasteiger partial charge in [-0.1, -0.05) is 49.6 Å². The van der Waals surface area contributed by atoms with Gasteiger partial charge in [0, 0.05) is 5.92 Å². The molecule has 1 aromatic carbocycles. The zero-order valence-corrected chi connectivity index (χ0v) is 18.3. The van der Waals surface area contributed by atoms with Crippen molar-refractivity contribution in [2.75, 3.05) is 7.11 Å². The maximum Gasteiger partial charge on any atom is 0.118 e. The molecule has 0 spiro atoms. The van der Waals surface area contributed by atoms with Crippen LogP contribution in [0.2, 0.25) is 0 Å². The first-order valence-electron chi connectivity index (χ1n) is 11.0. The summed E-state index contributed by atoms with van der Waals surface area (Å²) in [6.45, 7) is 11.8. The van der Waals surface area contributed by atoms with Crippen molar-refractivity contribution in [3.63, 3.8) is 0 Å². The lowest BCUT2D eigenvalue weighted by Crippen LogP contribution is -2.42. The van der Waals surface area contributed by atoms with Crippen LogP contribution in [-0.2, 0) is 11.3 Å². The average Bonchev–Trinajstić information content (AvgIpc) is 2.67. The molecule has 3 rings (SSSR count). The summed E-state index contributed by atoms with van der Waals surface area (Å²) in [6, 6.07) is 8.28. The summed E-state index contributed by atoms with van der Waals surface area (Å²) in [6.07, 6.45) is 11.7. The quantitative estimate of drug-likeness (QED) is 0.446. The molecule has 2 aliphatic rings. The van der Waals surface area contributed by atoms with E-state index in [0.29, 0.717) is 30.0 Å². The summed E-state index contributed by atoms with van der Waals surface area (Å²) in [5.74, 6) is 2.08. The first-order valence-corrected chi connectivity index (χ1v) is 11.0. The third kappa shape index (κ3) is 4.89. The Morgan fingerprint density at radius 1 is 1.25 bits per heavy atom. The number of hydrogen-bond acceptors (Lipinski definition) is 2. The van der Waals surface area contributed by atoms with Crippen LogP contribution >= 0.6 is 0 Å². The van der Waals surface area contributed by atoms with Crippen molar-refractivity contribution in [3.05, 3.63) is 53.6 Å². The molecule has 2 nitrogen and oxygen atoms in total. The maximum atomic E-state index is 6.56. The van der Waals surface area contributed by atoms with Gasteiger partial charge >= 0.3 is 0 Å². The largest absolute Gasteiger partial charge is 0.497 e. The fourth-order valence-electron chi connectivity index (χ4n) is 5.29. The van der Waals surface area contributed by atoms with Crippen LogP contribution < -0.4 is 4.74 Å². The van der Waals surface area contributed by atoms with E-state index in [4.69, 9.17) is 9.47 Å². The highest BCUT2D eigenvalue weighted by Crippen LogP contribution is 2.52. The fraction of sp³-hybridized carbons (Fsp3) is 0.615. The van der Waals surface area contributed by atoms with Crippen molar-refractivity contribution in [1.29, 1.82) is 0 Å². The smallest absolute Gasteiger partial charge is 0.118 e. The second kappa shape index (κ2) is 9.31. The summed E-state index contributed by atoms with van der Waals surface area (Å²) in [4.78, 5) is 0. The Kier molecular flexibility index (Phi) is 7.04. The van der Waals surface area contributed by atoms with E-state index in [-0.39, 0.29) is 0 Å². The van der Waals surface area contributed by atoms with E-state index in [9.17, 15) is 0 Å². The first-order chi connectivity index (χ1) is 13.4. The van der Waals surface area contributed by atoms with Gasteiger partial charge < -0.3 is 9.47 Å². The van der Waals surface area contributed by atoms with Gasteiger partial charge in [-0.15, -0.1) is 6.58 Å². The lowest BCUT2D eigenvalue weighted by molar-refractivity contribution is -0.0425. The van der Waals surface area contributed by atoms with Crippen LogP contribution in [0.25, 0.3) is 0 Å². The number of rotatable bonds is 8. The predicted molar refractivity (Wildman–Crippen MR) is 118 cm³/mol. The standard InChI is InChI=1S/C26H38O2/c1-19(2)8-6-16-26(4)17-7-9-23-24(26)15-10-20(3)25(23)28-18-21-11-13-22(27-5)14-12-21/h11-15,20,23,25H,1,6-10,16-18H2,2-5H3/t20-,23-,25-,26-/m1/s1. The number of benzene rings is 1. The molecule has 2 aliphatic carbocycles. The lowest BCUT2D eigenvalue weighted by atomic mass is 9.59. The molecule has 0 radical (unpaired) electrons. The summed E-state index contributed by atoms with van der Waals surface area (Å²) in [5.41, 5.74) is 4.57. The van der Waals surface area contributed by atoms with Crippen LogP contribution in [-0.4, -0.2) is 13.2 Å². The minimum absolute atomic E-state index is 0.336. The number of allylic oxidation sites excluding steroid dienone is 2. The van der Waals surface area contributed by atoms with Gasteiger partial charge in [0.05, 0.1) is 19.8 Å². The van der Waals surface area contributed by atoms with Gasteiger partial charge in [0.15, 0.2) is 0 Å². The molecular weight excluding hydrogens is 344 g/mol. The number of methoxy groups -OCH3 is 1. The highest BCUT2D eigenvalue weighted by molar-refractivity contribution is 5.27. The lowest BCUT2D eigenvalue weighted by Gasteiger charge is -2.48. The van der Waals surface area contributed by atoms with E-state index in [0.717, 1.165) is 18.6 Å². The van der Waals surface area contributed by atoms with E-state index < -0.39 is 0 Å². The van der Waals surface area contributed by atoms with Gasteiger partial charge in [-0.25, -0.2) is 0 Å². The third-order valence-electron chi connectivity index (χ3n) is 6.94. The number of ether oxygens (including phenoxy) is 2. The van der Waals surface area contributed by atoms with Crippen molar-refractivity contribution in [3.8, 4) is 5.75 Å². The first kappa shape index (κ1) is 21.2. The second-order valence-electron chi connectivity index (χ2n) is 9.37. The number of fused-ring (bicyclic) bond motifs is 1. The Labute approximate surface area is 172 Å². The van der Waals surface area contributed by atoms with Gasteiger partial charge in [-0.2, -0.15) is 0 Å². The SMILES string of the molecule is C=C(C)CCC[C@]1(C)CCC[C@@H]2C1=CC[C@@H](C)[C@H]2OCc1ccc(OC)cc1. The molecule has 4 atom stereocenters. The Bertz CT molecular complexity index is 687. The fourth-order valence-corrected chi connectivity index (χ4v) is 5.29. The van der Waals surface area contributed by atoms with Crippen molar-refractivity contribution >= 4 is 0 Å². The minimum Gasteiger partial charge on any atom is -0.497 e. The molecule has 1 fully saturated rings. The monoisotopic (exact) mass is 382 g/mol. The topological polar surface area (TPSA) is 18.5 Å². The zero-order chi connectivity index (χ0) is 20.1. The van der Waals surface area contributed by atoms with Gasteiger partial charge in [0.25, 0.3) is 0 Å². The molecule has 2 heteroatoms. The van der Waals surface area contributed by atoms with Gasteiger partial charge in [0.2, 0.25) is 0 Å². The Hall–Kier alpha value is -1.54. The normalized spacial score (nSPS) is 29.7. The van der Waals surface area contributed by atoms with E-state index in [1.54, 1.807) is 12.7 Å². The third-order valence-corrected chi connectivity index (χ3v) is 6.94. The van der Waals surface area contributed by atoms with Crippen LogP contribution in [0.4, 0.5) is 0 Å². The Morgan fingerprint density at radius 3 is 2.68 bits per heavy atom. The van der Waals surface area contributed by atoms with Gasteiger partial charge in [-0.05, 0) is 74.5 Å². The van der Waals surface area contributed by atoms with E-state index in [2.05, 4.69) is 45.6 Å². The van der Waals surface area contributed by atoms with Crippen LogP contribution in [0, 0.1) is 17.3 Å². The van der Waals surface area contributed by atoms with Gasteiger partial charge in [0.1, 0.15) is 5.75 Å². The van der Waals surface area contributed by atoms with Crippen molar-refractivity contribution in [1.82, 2.24) is 0 Å². The Morgan fingerprint density at radius 2 is 2.00 bits per heavy atom. The van der Waals surface area contributed by atoms with E-state index >= 15 is 0 Å². The molecule has 1 saturated carbocycles. The highest BCUT2D eigenvalue weighted by atomic mass is 16.5. The van der Waals surface area contributed by atoms with Crippen molar-refractivity contribution in [2.45, 2.75) is 78.4 Å². The predicted octanol–water partition coefficient (Wildman–Crippen LogP) is 7.10. The molecule has 0 N–H and O–H groups in total. The molecule has 0 heterocycles. The molecule has 154 valence electrons. The van der Waals surface area contributed by atoms with Crippen LogP contribution in [0.1, 0.15) is 71.3 Å². The molecule has 0 aromatic heterocycles. The van der Waals surface area contributed by atoms with Crippen molar-refractivity contribution < 1.29 is 9.47 Å². The van der Waals surface area contributed by atoms with Gasteiger partial charge in [-0.3, -0.25) is 0 Å². The molecular formula is C26H38O2. The summed E-state index contributed by atoms with van der Waals surface area (Å²) < 4.78 is 11.8. The molecule has 28 heavy (non-hydrogen) atoms. The summed E-state index contributed by atoms with van der Waals surface area (Å²) in [5, 5.41) is 0. The van der Waals surface area contributed by atoms with E-state index in [1.165, 1.54) is 43.2 Å². The Balaban J connectivity index is 1.67. The number of hydrogen-bond donors (Lipinski definition) is 0. The average molecular weight is 383 g/mol. The molecule has 0 amide bonds. The highest BCUT2D eigenvalue weighted by Gasteiger charge is 2.43. The minimum atomic E-state index is 0.336. The van der Waals surface area contributed by atoms with Crippen LogP contribution in [0.5, 0.6) is 5.75 Å². The molecule has 0 aliphatic heterocycles. The second-order valence-corrected chi connectivity index (χ2v) is 9.37. The van der Waals surface area contributed by atoms with Crippen molar-refractivity contribution in [2.24, 2.45) is 17.3 Å². The summed E-state index contributed by atoms with van der Waals surface area (Å²) in [7, 11) is 1.71. The summed E-state index contributed by atoms with van der Waals surface area (Å²) >= 11 is 0. The molecule has 0 unspecified atom stereocenters. The zero-order valence-electron chi connectivity index (χ0n) is 18.3. The molecule has 1 aromatic rings. The maximum absolute atomic E-state index is 6.56. The molecule has 0 bridgehead atoms. The van der Waals surface area contributed by atoms with E-state index in [1.807, 2.05) is 12.1 Å². The molecule has 0 saturated heterocycles. The van der Waals surface area contributed by atoms with Crippen LogP contribution in [0.15, 0.2) is 48.1 Å².